The number of hydrogen-bond acceptors (Lipinski definition) is 2. The van der Waals surface area contributed by atoms with Crippen LogP contribution in [0, 0.1) is 0 Å². The summed E-state index contributed by atoms with van der Waals surface area (Å²) in [7, 11) is 0. The average molecular weight is 162 g/mol. The normalized spacial score (nSPS) is 8.90. The minimum Gasteiger partial charge on any atom is -0.396 e. The van der Waals surface area contributed by atoms with Crippen LogP contribution in [0.15, 0.2) is 12.4 Å². The monoisotopic (exact) mass is 161 g/mol. The summed E-state index contributed by atoms with van der Waals surface area (Å²) in [5.41, 5.74) is 6.16. The molecule has 3 nitrogen and oxygen atoms in total. The van der Waals surface area contributed by atoms with Crippen molar-refractivity contribution >= 4 is 18.1 Å². The molecule has 0 saturated carbocycles. The molecule has 0 aliphatic heterocycles. The van der Waals surface area contributed by atoms with Gasteiger partial charge in [0, 0.05) is 12.7 Å². The number of hydrogen-bond donors (Lipinski definition) is 1. The number of aromatic nitrogens is 2. The lowest BCUT2D eigenvalue weighted by molar-refractivity contribution is 0.603. The zero-order valence-electron chi connectivity index (χ0n) is 5.95. The maximum absolute atomic E-state index is 5.43. The van der Waals surface area contributed by atoms with Gasteiger partial charge < -0.3 is 5.73 Å². The van der Waals surface area contributed by atoms with Gasteiger partial charge in [0.2, 0.25) is 0 Å². The zero-order chi connectivity index (χ0) is 6.69. The summed E-state index contributed by atoms with van der Waals surface area (Å²) in [5, 5.41) is 4.00. The molecule has 1 aromatic heterocycles. The lowest BCUT2D eigenvalue weighted by Crippen LogP contribution is -1.95. The van der Waals surface area contributed by atoms with Crippen LogP contribution in [0.25, 0.3) is 0 Å². The Bertz CT molecular complexity index is 185. The predicted molar refractivity (Wildman–Crippen MR) is 44.2 cm³/mol. The second kappa shape index (κ2) is 4.17. The van der Waals surface area contributed by atoms with Crippen molar-refractivity contribution in [3.05, 3.63) is 12.4 Å². The highest BCUT2D eigenvalue weighted by atomic mass is 35.5. The third-order valence-corrected chi connectivity index (χ3v) is 1.11. The minimum absolute atomic E-state index is 0. The van der Waals surface area contributed by atoms with Gasteiger partial charge in [0.1, 0.15) is 0 Å². The number of halogens is 1. The highest BCUT2D eigenvalue weighted by molar-refractivity contribution is 5.85. The molecule has 0 bridgehead atoms. The SMILES string of the molecule is CCCn1cc(N)cn1.Cl. The first kappa shape index (κ1) is 9.30. The van der Waals surface area contributed by atoms with Crippen molar-refractivity contribution in [1.82, 2.24) is 9.78 Å². The van der Waals surface area contributed by atoms with E-state index in [0.717, 1.165) is 18.7 Å². The number of aryl methyl sites for hydroxylation is 1. The summed E-state index contributed by atoms with van der Waals surface area (Å²) in [4.78, 5) is 0. The Labute approximate surface area is 66.6 Å². The molecule has 0 aromatic carbocycles. The van der Waals surface area contributed by atoms with E-state index in [2.05, 4.69) is 12.0 Å². The van der Waals surface area contributed by atoms with E-state index < -0.39 is 0 Å². The van der Waals surface area contributed by atoms with Gasteiger partial charge in [0.15, 0.2) is 0 Å². The number of rotatable bonds is 2. The van der Waals surface area contributed by atoms with Crippen LogP contribution in [0.5, 0.6) is 0 Å². The molecule has 0 aliphatic rings. The number of nitrogen functional groups attached to an aromatic ring is 1. The van der Waals surface area contributed by atoms with E-state index in [4.69, 9.17) is 5.73 Å². The van der Waals surface area contributed by atoms with Gasteiger partial charge in [-0.15, -0.1) is 12.4 Å². The maximum Gasteiger partial charge on any atom is 0.0719 e. The van der Waals surface area contributed by atoms with Gasteiger partial charge in [-0.25, -0.2) is 0 Å². The minimum atomic E-state index is 0. The second-order valence-corrected chi connectivity index (χ2v) is 2.04. The summed E-state index contributed by atoms with van der Waals surface area (Å²) in [5.74, 6) is 0. The molecule has 0 saturated heterocycles. The molecule has 0 atom stereocenters. The first-order valence-corrected chi connectivity index (χ1v) is 3.11. The number of nitrogens with zero attached hydrogens (tertiary/aromatic N) is 2. The van der Waals surface area contributed by atoms with Crippen LogP contribution in [-0.2, 0) is 6.54 Å². The summed E-state index contributed by atoms with van der Waals surface area (Å²) in [6.45, 7) is 3.06. The van der Waals surface area contributed by atoms with Crippen LogP contribution in [-0.4, -0.2) is 9.78 Å². The Hall–Kier alpha value is -0.700. The molecule has 1 aromatic rings. The Morgan fingerprint density at radius 2 is 2.40 bits per heavy atom. The third kappa shape index (κ3) is 2.27. The van der Waals surface area contributed by atoms with Crippen LogP contribution in [0.1, 0.15) is 13.3 Å². The van der Waals surface area contributed by atoms with Crippen LogP contribution in [0.2, 0.25) is 0 Å². The molecule has 0 aliphatic carbocycles. The summed E-state index contributed by atoms with van der Waals surface area (Å²) < 4.78 is 1.84. The topological polar surface area (TPSA) is 43.8 Å². The van der Waals surface area contributed by atoms with Crippen LogP contribution in [0.3, 0.4) is 0 Å². The number of nitrogens with two attached hydrogens (primary N) is 1. The summed E-state index contributed by atoms with van der Waals surface area (Å²) in [6.07, 6.45) is 4.60. The van der Waals surface area contributed by atoms with Crippen molar-refractivity contribution in [3.8, 4) is 0 Å². The van der Waals surface area contributed by atoms with Gasteiger partial charge in [-0.05, 0) is 6.42 Å². The second-order valence-electron chi connectivity index (χ2n) is 2.04. The van der Waals surface area contributed by atoms with Crippen molar-refractivity contribution in [2.24, 2.45) is 0 Å². The molecule has 1 rings (SSSR count). The molecule has 2 N–H and O–H groups in total. The number of anilines is 1. The first-order chi connectivity index (χ1) is 4.33. The fraction of sp³-hybridized carbons (Fsp3) is 0.500. The Morgan fingerprint density at radius 1 is 1.70 bits per heavy atom. The summed E-state index contributed by atoms with van der Waals surface area (Å²) >= 11 is 0. The van der Waals surface area contributed by atoms with Crippen molar-refractivity contribution in [2.45, 2.75) is 19.9 Å². The van der Waals surface area contributed by atoms with E-state index in [0.29, 0.717) is 0 Å². The highest BCUT2D eigenvalue weighted by Crippen LogP contribution is 1.97. The smallest absolute Gasteiger partial charge is 0.0719 e. The summed E-state index contributed by atoms with van der Waals surface area (Å²) in [6, 6.07) is 0. The van der Waals surface area contributed by atoms with Crippen molar-refractivity contribution < 1.29 is 0 Å². The van der Waals surface area contributed by atoms with E-state index in [-0.39, 0.29) is 12.4 Å². The molecule has 0 unspecified atom stereocenters. The molecule has 0 radical (unpaired) electrons. The quantitative estimate of drug-likeness (QED) is 0.711. The van der Waals surface area contributed by atoms with E-state index in [1.54, 1.807) is 6.20 Å². The molecular weight excluding hydrogens is 150 g/mol. The average Bonchev–Trinajstić information content (AvgIpc) is 2.17. The lowest BCUT2D eigenvalue weighted by Gasteiger charge is -1.93. The van der Waals surface area contributed by atoms with Crippen molar-refractivity contribution in [1.29, 1.82) is 0 Å². The van der Waals surface area contributed by atoms with Gasteiger partial charge in [-0.1, -0.05) is 6.92 Å². The van der Waals surface area contributed by atoms with E-state index in [9.17, 15) is 0 Å². The fourth-order valence-corrected chi connectivity index (χ4v) is 0.731. The van der Waals surface area contributed by atoms with E-state index in [1.807, 2.05) is 10.9 Å². The van der Waals surface area contributed by atoms with Crippen molar-refractivity contribution in [2.75, 3.05) is 5.73 Å². The molecule has 0 spiro atoms. The highest BCUT2D eigenvalue weighted by Gasteiger charge is 1.89. The van der Waals surface area contributed by atoms with E-state index >= 15 is 0 Å². The third-order valence-electron chi connectivity index (χ3n) is 1.11. The Morgan fingerprint density at radius 3 is 2.80 bits per heavy atom. The predicted octanol–water partition coefficient (Wildman–Crippen LogP) is 1.30. The Kier molecular flexibility index (Phi) is 3.88. The standard InChI is InChI=1S/C6H11N3.ClH/c1-2-3-9-5-6(7)4-8-9;/h4-5H,2-3,7H2,1H3;1H. The van der Waals surface area contributed by atoms with Gasteiger partial charge in [-0.2, -0.15) is 5.10 Å². The van der Waals surface area contributed by atoms with Crippen LogP contribution >= 0.6 is 12.4 Å². The Balaban J connectivity index is 0.000000810. The van der Waals surface area contributed by atoms with Crippen LogP contribution in [0.4, 0.5) is 5.69 Å². The molecular formula is C6H12ClN3. The molecule has 10 heavy (non-hydrogen) atoms. The van der Waals surface area contributed by atoms with Gasteiger partial charge in [0.25, 0.3) is 0 Å². The molecule has 58 valence electrons. The zero-order valence-corrected chi connectivity index (χ0v) is 6.77. The van der Waals surface area contributed by atoms with Gasteiger partial charge >= 0.3 is 0 Å². The molecule has 0 amide bonds. The maximum atomic E-state index is 5.43. The first-order valence-electron chi connectivity index (χ1n) is 3.11. The lowest BCUT2D eigenvalue weighted by atomic mass is 10.5. The largest absolute Gasteiger partial charge is 0.396 e. The van der Waals surface area contributed by atoms with Crippen LogP contribution < -0.4 is 5.73 Å². The van der Waals surface area contributed by atoms with Gasteiger partial charge in [0.05, 0.1) is 11.9 Å². The fourth-order valence-electron chi connectivity index (χ4n) is 0.731. The molecule has 1 heterocycles. The van der Waals surface area contributed by atoms with Gasteiger partial charge in [-0.3, -0.25) is 4.68 Å². The van der Waals surface area contributed by atoms with Crippen molar-refractivity contribution in [3.63, 3.8) is 0 Å². The molecule has 0 fully saturated rings. The van der Waals surface area contributed by atoms with E-state index in [1.165, 1.54) is 0 Å². The molecule has 4 heteroatoms.